The monoisotopic (exact) mass is 445 g/mol. The van der Waals surface area contributed by atoms with Crippen LogP contribution in [0.25, 0.3) is 0 Å². The maximum atomic E-state index is 9.48. The lowest BCUT2D eigenvalue weighted by atomic mass is 10.1. The van der Waals surface area contributed by atoms with E-state index in [1.54, 1.807) is 23.5 Å². The van der Waals surface area contributed by atoms with Gasteiger partial charge in [0, 0.05) is 23.9 Å². The zero-order chi connectivity index (χ0) is 15.8. The van der Waals surface area contributed by atoms with Crippen LogP contribution in [0, 0.1) is 0 Å². The van der Waals surface area contributed by atoms with Crippen molar-refractivity contribution in [3.8, 4) is 5.75 Å². The number of nitrogens with zero attached hydrogens (tertiary/aromatic N) is 1. The van der Waals surface area contributed by atoms with Gasteiger partial charge in [0.2, 0.25) is 0 Å². The van der Waals surface area contributed by atoms with E-state index in [0.29, 0.717) is 12.5 Å². The highest BCUT2D eigenvalue weighted by molar-refractivity contribution is 14.0. The second-order valence-corrected chi connectivity index (χ2v) is 6.14. The van der Waals surface area contributed by atoms with Crippen LogP contribution in [-0.2, 0) is 6.54 Å². The Morgan fingerprint density at radius 2 is 2.09 bits per heavy atom. The van der Waals surface area contributed by atoms with E-state index in [-0.39, 0.29) is 29.7 Å². The van der Waals surface area contributed by atoms with E-state index in [1.165, 1.54) is 4.88 Å². The van der Waals surface area contributed by atoms with Crippen molar-refractivity contribution >= 4 is 41.3 Å². The molecule has 0 radical (unpaired) electrons. The molecule has 6 heteroatoms. The molecule has 0 aliphatic rings. The summed E-state index contributed by atoms with van der Waals surface area (Å²) < 4.78 is 0. The number of phenols is 1. The van der Waals surface area contributed by atoms with Crippen LogP contribution in [0.15, 0.2) is 46.8 Å². The smallest absolute Gasteiger partial charge is 0.191 e. The van der Waals surface area contributed by atoms with Crippen molar-refractivity contribution in [1.82, 2.24) is 10.6 Å². The van der Waals surface area contributed by atoms with Gasteiger partial charge in [0.25, 0.3) is 0 Å². The van der Waals surface area contributed by atoms with Crippen LogP contribution in [0.3, 0.4) is 0 Å². The SMILES string of the molecule is CCNC(=NCc1cccc(O)c1)NCC(C)c1cccs1.I. The van der Waals surface area contributed by atoms with Crippen LogP contribution in [-0.4, -0.2) is 24.2 Å². The van der Waals surface area contributed by atoms with E-state index in [0.717, 1.165) is 24.6 Å². The van der Waals surface area contributed by atoms with Crippen molar-refractivity contribution in [3.63, 3.8) is 0 Å². The Kier molecular flexibility index (Phi) is 9.01. The number of rotatable bonds is 6. The first-order valence-corrected chi connectivity index (χ1v) is 8.40. The summed E-state index contributed by atoms with van der Waals surface area (Å²) in [5, 5.41) is 18.2. The average Bonchev–Trinajstić information content (AvgIpc) is 3.04. The van der Waals surface area contributed by atoms with Crippen molar-refractivity contribution in [1.29, 1.82) is 0 Å². The minimum Gasteiger partial charge on any atom is -0.508 e. The Morgan fingerprint density at radius 1 is 1.26 bits per heavy atom. The molecule has 0 spiro atoms. The zero-order valence-electron chi connectivity index (χ0n) is 13.5. The Labute approximate surface area is 159 Å². The number of guanidine groups is 1. The quantitative estimate of drug-likeness (QED) is 0.359. The molecular weight excluding hydrogens is 421 g/mol. The maximum absolute atomic E-state index is 9.48. The molecule has 2 aromatic rings. The number of halogens is 1. The summed E-state index contributed by atoms with van der Waals surface area (Å²) in [7, 11) is 0. The second-order valence-electron chi connectivity index (χ2n) is 5.16. The number of phenolic OH excluding ortho intramolecular Hbond substituents is 1. The summed E-state index contributed by atoms with van der Waals surface area (Å²) in [6.07, 6.45) is 0. The van der Waals surface area contributed by atoms with Gasteiger partial charge in [0.05, 0.1) is 6.54 Å². The van der Waals surface area contributed by atoms with Crippen LogP contribution in [0.1, 0.15) is 30.2 Å². The van der Waals surface area contributed by atoms with Crippen molar-refractivity contribution in [2.45, 2.75) is 26.3 Å². The van der Waals surface area contributed by atoms with Crippen LogP contribution >= 0.6 is 35.3 Å². The molecule has 0 saturated carbocycles. The van der Waals surface area contributed by atoms with Gasteiger partial charge < -0.3 is 15.7 Å². The summed E-state index contributed by atoms with van der Waals surface area (Å²) in [5.74, 6) is 1.52. The lowest BCUT2D eigenvalue weighted by Crippen LogP contribution is -2.39. The highest BCUT2D eigenvalue weighted by Crippen LogP contribution is 2.19. The predicted molar refractivity (Wildman–Crippen MR) is 109 cm³/mol. The molecule has 2 rings (SSSR count). The average molecular weight is 445 g/mol. The van der Waals surface area contributed by atoms with E-state index in [2.05, 4.69) is 40.1 Å². The summed E-state index contributed by atoms with van der Waals surface area (Å²) >= 11 is 1.78. The molecule has 0 aliphatic heterocycles. The fourth-order valence-electron chi connectivity index (χ4n) is 2.09. The summed E-state index contributed by atoms with van der Waals surface area (Å²) in [6.45, 7) is 6.45. The maximum Gasteiger partial charge on any atom is 0.191 e. The van der Waals surface area contributed by atoms with Crippen LogP contribution in [0.5, 0.6) is 5.75 Å². The van der Waals surface area contributed by atoms with Crippen LogP contribution in [0.2, 0.25) is 0 Å². The highest BCUT2D eigenvalue weighted by Gasteiger charge is 2.07. The summed E-state index contributed by atoms with van der Waals surface area (Å²) in [4.78, 5) is 5.94. The molecule has 0 amide bonds. The third-order valence-corrected chi connectivity index (χ3v) is 4.38. The van der Waals surface area contributed by atoms with E-state index in [4.69, 9.17) is 0 Å². The lowest BCUT2D eigenvalue weighted by molar-refractivity contribution is 0.474. The number of aliphatic imine (C=N–C) groups is 1. The van der Waals surface area contributed by atoms with Crippen LogP contribution in [0.4, 0.5) is 0 Å². The first-order valence-electron chi connectivity index (χ1n) is 7.52. The van der Waals surface area contributed by atoms with Crippen molar-refractivity contribution in [3.05, 3.63) is 52.2 Å². The number of hydrogen-bond acceptors (Lipinski definition) is 3. The molecule has 1 atom stereocenters. The van der Waals surface area contributed by atoms with Crippen molar-refractivity contribution in [2.24, 2.45) is 4.99 Å². The molecule has 126 valence electrons. The number of aromatic hydroxyl groups is 1. The first kappa shape index (κ1) is 19.8. The third kappa shape index (κ3) is 6.78. The zero-order valence-corrected chi connectivity index (χ0v) is 16.6. The molecule has 0 aliphatic carbocycles. The number of thiophene rings is 1. The summed E-state index contributed by atoms with van der Waals surface area (Å²) in [5.41, 5.74) is 0.989. The number of hydrogen-bond donors (Lipinski definition) is 3. The standard InChI is InChI=1S/C17H23N3OS.HI/c1-3-18-17(19-11-13(2)16-8-5-9-22-16)20-12-14-6-4-7-15(21)10-14;/h4-10,13,21H,3,11-12H2,1-2H3,(H2,18,19,20);1H. The Morgan fingerprint density at radius 3 is 2.74 bits per heavy atom. The van der Waals surface area contributed by atoms with Gasteiger partial charge in [-0.1, -0.05) is 25.1 Å². The molecule has 4 nitrogen and oxygen atoms in total. The molecule has 1 aromatic carbocycles. The van der Waals surface area contributed by atoms with Gasteiger partial charge in [-0.3, -0.25) is 0 Å². The molecule has 1 aromatic heterocycles. The Balaban J connectivity index is 0.00000264. The van der Waals surface area contributed by atoms with Gasteiger partial charge in [-0.05, 0) is 36.1 Å². The molecule has 0 fully saturated rings. The normalized spacial score (nSPS) is 12.3. The van der Waals surface area contributed by atoms with Crippen LogP contribution < -0.4 is 10.6 Å². The predicted octanol–water partition coefficient (Wildman–Crippen LogP) is 3.93. The van der Waals surface area contributed by atoms with Gasteiger partial charge in [-0.2, -0.15) is 0 Å². The van der Waals surface area contributed by atoms with Crippen molar-refractivity contribution < 1.29 is 5.11 Å². The Hall–Kier alpha value is -1.28. The minimum absolute atomic E-state index is 0. The molecule has 3 N–H and O–H groups in total. The van der Waals surface area contributed by atoms with E-state index < -0.39 is 0 Å². The first-order chi connectivity index (χ1) is 10.7. The molecule has 0 bridgehead atoms. The third-order valence-electron chi connectivity index (χ3n) is 3.28. The fourth-order valence-corrected chi connectivity index (χ4v) is 2.88. The van der Waals surface area contributed by atoms with Gasteiger partial charge in [-0.25, -0.2) is 4.99 Å². The highest BCUT2D eigenvalue weighted by atomic mass is 127. The van der Waals surface area contributed by atoms with E-state index >= 15 is 0 Å². The topological polar surface area (TPSA) is 56.7 Å². The van der Waals surface area contributed by atoms with E-state index in [1.807, 2.05) is 19.1 Å². The second kappa shape index (κ2) is 10.5. The van der Waals surface area contributed by atoms with Crippen molar-refractivity contribution in [2.75, 3.05) is 13.1 Å². The molecular formula is C17H24IN3OS. The molecule has 1 unspecified atom stereocenters. The largest absolute Gasteiger partial charge is 0.508 e. The summed E-state index contributed by atoms with van der Waals surface area (Å²) in [6, 6.07) is 11.4. The van der Waals surface area contributed by atoms with E-state index in [9.17, 15) is 5.11 Å². The molecule has 0 saturated heterocycles. The molecule has 1 heterocycles. The fraction of sp³-hybridized carbons (Fsp3) is 0.353. The number of benzene rings is 1. The van der Waals surface area contributed by atoms with Gasteiger partial charge >= 0.3 is 0 Å². The van der Waals surface area contributed by atoms with Gasteiger partial charge in [-0.15, -0.1) is 35.3 Å². The lowest BCUT2D eigenvalue weighted by Gasteiger charge is -2.15. The minimum atomic E-state index is 0. The Bertz CT molecular complexity index is 602. The van der Waals surface area contributed by atoms with Gasteiger partial charge in [0.15, 0.2) is 5.96 Å². The molecule has 23 heavy (non-hydrogen) atoms. The number of nitrogens with one attached hydrogen (secondary N) is 2. The van der Waals surface area contributed by atoms with Gasteiger partial charge in [0.1, 0.15) is 5.75 Å².